The molecule has 0 aliphatic rings. The molecule has 1 atom stereocenters. The lowest BCUT2D eigenvalue weighted by molar-refractivity contribution is 0.567. The fraction of sp³-hybridized carbons (Fsp3) is 0.636. The minimum Gasteiger partial charge on any atom is -0.309 e. The fourth-order valence-electron chi connectivity index (χ4n) is 1.44. The molecule has 1 unspecified atom stereocenters. The van der Waals surface area contributed by atoms with Crippen molar-refractivity contribution >= 4 is 21.2 Å². The Labute approximate surface area is 102 Å². The van der Waals surface area contributed by atoms with Crippen molar-refractivity contribution in [3.8, 4) is 0 Å². The van der Waals surface area contributed by atoms with Gasteiger partial charge in [0.2, 0.25) is 0 Å². The van der Waals surface area contributed by atoms with E-state index in [1.165, 1.54) is 16.0 Å². The molecule has 0 aliphatic heterocycles. The van der Waals surface area contributed by atoms with Gasteiger partial charge < -0.3 is 5.32 Å². The maximum Gasteiger partial charge on any atom is 0.147 e. The van der Waals surface area contributed by atoms with Crippen molar-refractivity contribution in [3.63, 3.8) is 0 Å². The summed E-state index contributed by atoms with van der Waals surface area (Å²) in [6, 6.07) is 4.53. The largest absolute Gasteiger partial charge is 0.309 e. The van der Waals surface area contributed by atoms with E-state index in [9.17, 15) is 8.42 Å². The summed E-state index contributed by atoms with van der Waals surface area (Å²) >= 11 is 1.78. The summed E-state index contributed by atoms with van der Waals surface area (Å²) in [6.45, 7) is 4.93. The van der Waals surface area contributed by atoms with Crippen molar-refractivity contribution in [1.82, 2.24) is 5.32 Å². The summed E-state index contributed by atoms with van der Waals surface area (Å²) in [5.41, 5.74) is 0. The maximum atomic E-state index is 10.9. The second-order valence-electron chi connectivity index (χ2n) is 4.11. The molecule has 0 spiro atoms. The molecule has 0 saturated carbocycles. The highest BCUT2D eigenvalue weighted by Crippen LogP contribution is 2.21. The predicted molar refractivity (Wildman–Crippen MR) is 69.8 cm³/mol. The molecule has 3 nitrogen and oxygen atoms in total. The van der Waals surface area contributed by atoms with Crippen LogP contribution < -0.4 is 5.32 Å². The molecule has 0 bridgehead atoms. The summed E-state index contributed by atoms with van der Waals surface area (Å²) in [5, 5.41) is 3.33. The molecule has 0 fully saturated rings. The zero-order valence-corrected chi connectivity index (χ0v) is 11.6. The first-order chi connectivity index (χ1) is 7.38. The molecule has 1 rings (SSSR count). The van der Waals surface area contributed by atoms with Crippen LogP contribution >= 0.6 is 11.3 Å². The van der Waals surface area contributed by atoms with E-state index in [2.05, 4.69) is 31.3 Å². The average Bonchev–Trinajstić information content (AvgIpc) is 2.57. The van der Waals surface area contributed by atoms with Crippen LogP contribution in [0.2, 0.25) is 0 Å². The van der Waals surface area contributed by atoms with Gasteiger partial charge in [-0.05, 0) is 38.9 Å². The molecule has 16 heavy (non-hydrogen) atoms. The third kappa shape index (κ3) is 5.09. The molecule has 0 amide bonds. The molecule has 92 valence electrons. The number of hydrogen-bond acceptors (Lipinski definition) is 4. The highest BCUT2D eigenvalue weighted by molar-refractivity contribution is 7.90. The van der Waals surface area contributed by atoms with Crippen molar-refractivity contribution in [2.75, 3.05) is 18.6 Å². The van der Waals surface area contributed by atoms with Crippen LogP contribution in [0.5, 0.6) is 0 Å². The number of aryl methyl sites for hydroxylation is 1. The van der Waals surface area contributed by atoms with Crippen LogP contribution in [0.1, 0.15) is 29.1 Å². The minimum atomic E-state index is -2.82. The summed E-state index contributed by atoms with van der Waals surface area (Å²) in [5.74, 6) is 0.260. The van der Waals surface area contributed by atoms with Crippen LogP contribution in [-0.4, -0.2) is 27.0 Å². The minimum absolute atomic E-state index is 0.260. The van der Waals surface area contributed by atoms with Gasteiger partial charge in [-0.3, -0.25) is 0 Å². The maximum absolute atomic E-state index is 10.9. The smallest absolute Gasteiger partial charge is 0.147 e. The number of nitrogens with one attached hydrogen (secondary N) is 1. The summed E-state index contributed by atoms with van der Waals surface area (Å²) in [6.07, 6.45) is 1.95. The number of rotatable bonds is 6. The molecule has 5 heteroatoms. The lowest BCUT2D eigenvalue weighted by Gasteiger charge is -2.11. The van der Waals surface area contributed by atoms with E-state index >= 15 is 0 Å². The van der Waals surface area contributed by atoms with Crippen molar-refractivity contribution in [2.45, 2.75) is 26.3 Å². The first kappa shape index (κ1) is 13.7. The molecule has 0 saturated heterocycles. The quantitative estimate of drug-likeness (QED) is 0.798. The monoisotopic (exact) mass is 261 g/mol. The van der Waals surface area contributed by atoms with E-state index in [0.717, 1.165) is 6.54 Å². The number of sulfone groups is 1. The van der Waals surface area contributed by atoms with Gasteiger partial charge in [0.15, 0.2) is 0 Å². The van der Waals surface area contributed by atoms with Crippen molar-refractivity contribution in [3.05, 3.63) is 21.9 Å². The van der Waals surface area contributed by atoms with Crippen LogP contribution in [-0.2, 0) is 9.84 Å². The Hall–Kier alpha value is -0.390. The van der Waals surface area contributed by atoms with Gasteiger partial charge in [-0.2, -0.15) is 0 Å². The van der Waals surface area contributed by atoms with Crippen molar-refractivity contribution < 1.29 is 8.42 Å². The highest BCUT2D eigenvalue weighted by atomic mass is 32.2. The van der Waals surface area contributed by atoms with E-state index in [-0.39, 0.29) is 5.75 Å². The van der Waals surface area contributed by atoms with E-state index < -0.39 is 9.84 Å². The Morgan fingerprint density at radius 1 is 1.44 bits per heavy atom. The molecule has 0 aliphatic carbocycles. The van der Waals surface area contributed by atoms with Gasteiger partial charge in [0.1, 0.15) is 9.84 Å². The van der Waals surface area contributed by atoms with Gasteiger partial charge in [0.05, 0.1) is 5.75 Å². The Morgan fingerprint density at radius 2 is 2.12 bits per heavy atom. The van der Waals surface area contributed by atoms with E-state index in [1.807, 2.05) is 0 Å². The van der Waals surface area contributed by atoms with Crippen LogP contribution in [0.25, 0.3) is 0 Å². The molecule has 1 heterocycles. The van der Waals surface area contributed by atoms with Crippen LogP contribution in [0, 0.1) is 6.92 Å². The van der Waals surface area contributed by atoms with Crippen molar-refractivity contribution in [1.29, 1.82) is 0 Å². The Kier molecular flexibility index (Phi) is 4.95. The van der Waals surface area contributed by atoms with Crippen LogP contribution in [0.3, 0.4) is 0 Å². The zero-order chi connectivity index (χ0) is 12.2. The Balaban J connectivity index is 2.28. The summed E-state index contributed by atoms with van der Waals surface area (Å²) in [7, 11) is -2.82. The third-order valence-electron chi connectivity index (χ3n) is 2.33. The number of thiophene rings is 1. The second-order valence-corrected chi connectivity index (χ2v) is 7.69. The lowest BCUT2D eigenvalue weighted by atomic mass is 10.2. The number of hydrogen-bond donors (Lipinski definition) is 1. The fourth-order valence-corrected chi connectivity index (χ4v) is 3.01. The molecule has 0 radical (unpaired) electrons. The van der Waals surface area contributed by atoms with Gasteiger partial charge in [-0.15, -0.1) is 11.3 Å². The average molecular weight is 261 g/mol. The molecule has 1 N–H and O–H groups in total. The van der Waals surface area contributed by atoms with Crippen molar-refractivity contribution in [2.24, 2.45) is 0 Å². The summed E-state index contributed by atoms with van der Waals surface area (Å²) in [4.78, 5) is 2.61. The van der Waals surface area contributed by atoms with E-state index in [0.29, 0.717) is 12.5 Å². The first-order valence-electron chi connectivity index (χ1n) is 5.36. The first-order valence-corrected chi connectivity index (χ1v) is 8.23. The van der Waals surface area contributed by atoms with Gasteiger partial charge in [-0.1, -0.05) is 0 Å². The summed E-state index contributed by atoms with van der Waals surface area (Å²) < 4.78 is 21.8. The third-order valence-corrected chi connectivity index (χ3v) is 4.54. The highest BCUT2D eigenvalue weighted by Gasteiger charge is 2.07. The topological polar surface area (TPSA) is 46.2 Å². The molecule has 0 aromatic carbocycles. The zero-order valence-electron chi connectivity index (χ0n) is 9.99. The molecule has 1 aromatic heterocycles. The van der Waals surface area contributed by atoms with Crippen LogP contribution in [0.15, 0.2) is 12.1 Å². The standard InChI is InChI=1S/C11H19NO2S2/c1-9-5-6-11(15-9)10(2)12-7-4-8-16(3,13)14/h5-6,10,12H,4,7-8H2,1-3H3. The van der Waals surface area contributed by atoms with Gasteiger partial charge in [0.25, 0.3) is 0 Å². The molecule has 1 aromatic rings. The predicted octanol–water partition coefficient (Wildman–Crippen LogP) is 2.14. The molecular weight excluding hydrogens is 242 g/mol. The normalized spacial score (nSPS) is 13.9. The van der Waals surface area contributed by atoms with Gasteiger partial charge in [0, 0.05) is 22.1 Å². The van der Waals surface area contributed by atoms with Gasteiger partial charge in [-0.25, -0.2) is 8.42 Å². The van der Waals surface area contributed by atoms with E-state index in [4.69, 9.17) is 0 Å². The Bertz CT molecular complexity index is 423. The Morgan fingerprint density at radius 3 is 2.62 bits per heavy atom. The second kappa shape index (κ2) is 5.80. The molecular formula is C11H19NO2S2. The van der Waals surface area contributed by atoms with E-state index in [1.54, 1.807) is 11.3 Å². The SMILES string of the molecule is Cc1ccc(C(C)NCCCS(C)(=O)=O)s1. The lowest BCUT2D eigenvalue weighted by Crippen LogP contribution is -2.21. The van der Waals surface area contributed by atoms with Gasteiger partial charge >= 0.3 is 0 Å². The van der Waals surface area contributed by atoms with Crippen LogP contribution in [0.4, 0.5) is 0 Å².